The molecule has 90 valence electrons. The van der Waals surface area contributed by atoms with Crippen molar-refractivity contribution in [1.82, 2.24) is 0 Å². The highest BCUT2D eigenvalue weighted by Crippen LogP contribution is 2.29. The van der Waals surface area contributed by atoms with Gasteiger partial charge in [-0.3, -0.25) is 0 Å². The number of ether oxygens (including phenoxy) is 1. The first kappa shape index (κ1) is 12.7. The van der Waals surface area contributed by atoms with Crippen LogP contribution in [0.5, 0.6) is 5.75 Å². The Morgan fingerprint density at radius 1 is 1.31 bits per heavy atom. The molecular formula is C13H22N2O. The quantitative estimate of drug-likeness (QED) is 0.752. The summed E-state index contributed by atoms with van der Waals surface area (Å²) in [5.41, 5.74) is 7.73. The fourth-order valence-corrected chi connectivity index (χ4v) is 1.52. The molecule has 0 atom stereocenters. The monoisotopic (exact) mass is 222 g/mol. The highest BCUT2D eigenvalue weighted by atomic mass is 16.5. The number of hydrogen-bond donors (Lipinski definition) is 2. The van der Waals surface area contributed by atoms with Gasteiger partial charge in [0.2, 0.25) is 0 Å². The summed E-state index contributed by atoms with van der Waals surface area (Å²) >= 11 is 0. The molecule has 0 unspecified atom stereocenters. The molecule has 0 aromatic heterocycles. The fourth-order valence-electron chi connectivity index (χ4n) is 1.52. The lowest BCUT2D eigenvalue weighted by Crippen LogP contribution is -2.33. The van der Waals surface area contributed by atoms with E-state index < -0.39 is 0 Å². The van der Waals surface area contributed by atoms with Crippen molar-refractivity contribution in [3.63, 3.8) is 0 Å². The Bertz CT molecular complexity index is 346. The second-order valence-corrected chi connectivity index (χ2v) is 4.35. The van der Waals surface area contributed by atoms with Crippen LogP contribution in [0.3, 0.4) is 0 Å². The van der Waals surface area contributed by atoms with E-state index in [1.807, 2.05) is 18.2 Å². The molecule has 1 aromatic carbocycles. The van der Waals surface area contributed by atoms with Crippen LogP contribution in [-0.4, -0.2) is 12.6 Å². The molecule has 3 heteroatoms. The molecule has 0 bridgehead atoms. The number of rotatable bonds is 5. The van der Waals surface area contributed by atoms with Crippen LogP contribution >= 0.6 is 0 Å². The third-order valence-corrected chi connectivity index (χ3v) is 3.26. The minimum atomic E-state index is 0.0838. The lowest BCUT2D eigenvalue weighted by molar-refractivity contribution is 0.414. The van der Waals surface area contributed by atoms with Crippen LogP contribution < -0.4 is 15.8 Å². The zero-order valence-electron chi connectivity index (χ0n) is 10.6. The van der Waals surface area contributed by atoms with Gasteiger partial charge in [-0.1, -0.05) is 13.8 Å². The Hall–Kier alpha value is -1.38. The molecule has 0 radical (unpaired) electrons. The Balaban J connectivity index is 2.95. The van der Waals surface area contributed by atoms with E-state index in [1.54, 1.807) is 7.11 Å². The summed E-state index contributed by atoms with van der Waals surface area (Å²) in [5, 5.41) is 3.49. The summed E-state index contributed by atoms with van der Waals surface area (Å²) in [7, 11) is 1.66. The molecule has 16 heavy (non-hydrogen) atoms. The van der Waals surface area contributed by atoms with Crippen molar-refractivity contribution in [1.29, 1.82) is 0 Å². The minimum absolute atomic E-state index is 0.0838. The molecule has 0 aliphatic carbocycles. The summed E-state index contributed by atoms with van der Waals surface area (Å²) in [6.45, 7) is 6.55. The predicted molar refractivity (Wildman–Crippen MR) is 70.0 cm³/mol. The lowest BCUT2D eigenvalue weighted by atomic mass is 9.95. The van der Waals surface area contributed by atoms with Gasteiger partial charge >= 0.3 is 0 Å². The number of hydrogen-bond acceptors (Lipinski definition) is 3. The van der Waals surface area contributed by atoms with Crippen LogP contribution in [-0.2, 0) is 0 Å². The van der Waals surface area contributed by atoms with Gasteiger partial charge in [-0.2, -0.15) is 0 Å². The SMILES string of the molecule is CCC(C)(CC)Nc1cc(OC)ccc1N. The van der Waals surface area contributed by atoms with E-state index in [4.69, 9.17) is 10.5 Å². The predicted octanol–water partition coefficient (Wildman–Crippen LogP) is 3.27. The largest absolute Gasteiger partial charge is 0.497 e. The molecule has 1 aromatic rings. The number of nitrogens with two attached hydrogens (primary N) is 1. The van der Waals surface area contributed by atoms with Crippen molar-refractivity contribution in [2.24, 2.45) is 0 Å². The van der Waals surface area contributed by atoms with E-state index in [-0.39, 0.29) is 5.54 Å². The van der Waals surface area contributed by atoms with E-state index in [1.165, 1.54) is 0 Å². The van der Waals surface area contributed by atoms with E-state index in [9.17, 15) is 0 Å². The van der Waals surface area contributed by atoms with Gasteiger partial charge < -0.3 is 15.8 Å². The average Bonchev–Trinajstić information content (AvgIpc) is 2.32. The van der Waals surface area contributed by atoms with E-state index >= 15 is 0 Å². The molecule has 0 saturated heterocycles. The van der Waals surface area contributed by atoms with Gasteiger partial charge in [-0.15, -0.1) is 0 Å². The van der Waals surface area contributed by atoms with Crippen molar-refractivity contribution >= 4 is 11.4 Å². The van der Waals surface area contributed by atoms with Crippen molar-refractivity contribution in [3.05, 3.63) is 18.2 Å². The Kier molecular flexibility index (Phi) is 4.05. The first-order chi connectivity index (χ1) is 7.54. The highest BCUT2D eigenvalue weighted by molar-refractivity contribution is 5.69. The van der Waals surface area contributed by atoms with Crippen LogP contribution in [0.1, 0.15) is 33.6 Å². The molecule has 0 fully saturated rings. The number of anilines is 2. The summed E-state index contributed by atoms with van der Waals surface area (Å²) in [4.78, 5) is 0. The van der Waals surface area contributed by atoms with Crippen molar-refractivity contribution in [2.45, 2.75) is 39.2 Å². The van der Waals surface area contributed by atoms with Crippen molar-refractivity contribution in [3.8, 4) is 5.75 Å². The van der Waals surface area contributed by atoms with Gasteiger partial charge in [0.25, 0.3) is 0 Å². The maximum Gasteiger partial charge on any atom is 0.121 e. The molecule has 3 nitrogen and oxygen atoms in total. The van der Waals surface area contributed by atoms with Gasteiger partial charge in [0.05, 0.1) is 18.5 Å². The summed E-state index contributed by atoms with van der Waals surface area (Å²) < 4.78 is 5.20. The maximum absolute atomic E-state index is 5.94. The topological polar surface area (TPSA) is 47.3 Å². The zero-order chi connectivity index (χ0) is 12.2. The average molecular weight is 222 g/mol. The molecule has 0 spiro atoms. The second kappa shape index (κ2) is 5.10. The van der Waals surface area contributed by atoms with Gasteiger partial charge in [0, 0.05) is 11.6 Å². The number of nitrogen functional groups attached to an aromatic ring is 1. The van der Waals surface area contributed by atoms with Gasteiger partial charge in [0.1, 0.15) is 5.75 Å². The minimum Gasteiger partial charge on any atom is -0.497 e. The van der Waals surface area contributed by atoms with Crippen LogP contribution in [0.4, 0.5) is 11.4 Å². The maximum atomic E-state index is 5.94. The fraction of sp³-hybridized carbons (Fsp3) is 0.538. The summed E-state index contributed by atoms with van der Waals surface area (Å²) in [5.74, 6) is 0.825. The van der Waals surface area contributed by atoms with Gasteiger partial charge in [0.15, 0.2) is 0 Å². The lowest BCUT2D eigenvalue weighted by Gasteiger charge is -2.30. The van der Waals surface area contributed by atoms with E-state index in [2.05, 4.69) is 26.1 Å². The number of benzene rings is 1. The molecule has 0 saturated carbocycles. The molecular weight excluding hydrogens is 200 g/mol. The molecule has 0 amide bonds. The van der Waals surface area contributed by atoms with Crippen molar-refractivity contribution < 1.29 is 4.74 Å². The van der Waals surface area contributed by atoms with Gasteiger partial charge in [-0.05, 0) is 31.9 Å². The van der Waals surface area contributed by atoms with E-state index in [0.717, 1.165) is 30.0 Å². The molecule has 3 N–H and O–H groups in total. The smallest absolute Gasteiger partial charge is 0.121 e. The third-order valence-electron chi connectivity index (χ3n) is 3.26. The summed E-state index contributed by atoms with van der Waals surface area (Å²) in [6, 6.07) is 5.68. The van der Waals surface area contributed by atoms with Crippen LogP contribution in [0.15, 0.2) is 18.2 Å². The Morgan fingerprint density at radius 3 is 2.44 bits per heavy atom. The molecule has 1 rings (SSSR count). The number of methoxy groups -OCH3 is 1. The number of nitrogens with one attached hydrogen (secondary N) is 1. The third kappa shape index (κ3) is 2.81. The molecule has 0 aliphatic rings. The normalized spacial score (nSPS) is 11.2. The first-order valence-corrected chi connectivity index (χ1v) is 5.76. The van der Waals surface area contributed by atoms with Crippen LogP contribution in [0, 0.1) is 0 Å². The highest BCUT2D eigenvalue weighted by Gasteiger charge is 2.20. The first-order valence-electron chi connectivity index (χ1n) is 5.76. The van der Waals surface area contributed by atoms with Crippen LogP contribution in [0.25, 0.3) is 0 Å². The van der Waals surface area contributed by atoms with Crippen LogP contribution in [0.2, 0.25) is 0 Å². The zero-order valence-corrected chi connectivity index (χ0v) is 10.6. The standard InChI is InChI=1S/C13H22N2O/c1-5-13(3,6-2)15-12-9-10(16-4)7-8-11(12)14/h7-9,15H,5-6,14H2,1-4H3. The van der Waals surface area contributed by atoms with E-state index in [0.29, 0.717) is 0 Å². The van der Waals surface area contributed by atoms with Gasteiger partial charge in [-0.25, -0.2) is 0 Å². The molecule has 0 aliphatic heterocycles. The second-order valence-electron chi connectivity index (χ2n) is 4.35. The Labute approximate surface area is 98.0 Å². The Morgan fingerprint density at radius 2 is 1.94 bits per heavy atom. The molecule has 0 heterocycles. The van der Waals surface area contributed by atoms with Crippen molar-refractivity contribution in [2.75, 3.05) is 18.2 Å². The summed E-state index contributed by atoms with van der Waals surface area (Å²) in [6.07, 6.45) is 2.11.